The molecule has 0 spiro atoms. The average molecular weight is 379 g/mol. The lowest BCUT2D eigenvalue weighted by atomic mass is 10.1. The summed E-state index contributed by atoms with van der Waals surface area (Å²) in [6.07, 6.45) is 5.17. The van der Waals surface area contributed by atoms with Crippen molar-refractivity contribution in [3.63, 3.8) is 0 Å². The zero-order chi connectivity index (χ0) is 19.8. The third-order valence-electron chi connectivity index (χ3n) is 5.11. The molecule has 2 heterocycles. The number of carbonyl (C=O) groups excluding carboxylic acids is 1. The molecule has 2 amide bonds. The van der Waals surface area contributed by atoms with Crippen molar-refractivity contribution in [2.24, 2.45) is 0 Å². The summed E-state index contributed by atoms with van der Waals surface area (Å²) >= 11 is 0. The maximum absolute atomic E-state index is 12.7. The smallest absolute Gasteiger partial charge is 0.318 e. The highest BCUT2D eigenvalue weighted by molar-refractivity contribution is 5.74. The van der Waals surface area contributed by atoms with Gasteiger partial charge >= 0.3 is 6.03 Å². The summed E-state index contributed by atoms with van der Waals surface area (Å²) in [5.74, 6) is 0. The standard InChI is InChI=1S/C23H30N4O/c1-3-21(22-13-7-9-19(2)24-22)25-23(28)27-17-15-26(16-18-27)14-8-12-20-10-5-4-6-11-20/h4-13,21H,3,14-18H2,1-2H3,(H,25,28)/b12-8+/t21-/m1/s1. The van der Waals surface area contributed by atoms with Crippen LogP contribution in [0, 0.1) is 6.92 Å². The van der Waals surface area contributed by atoms with E-state index in [1.54, 1.807) is 0 Å². The van der Waals surface area contributed by atoms with Gasteiger partial charge in [-0.15, -0.1) is 0 Å². The van der Waals surface area contributed by atoms with Gasteiger partial charge in [0.15, 0.2) is 0 Å². The molecule has 0 bridgehead atoms. The van der Waals surface area contributed by atoms with Crippen molar-refractivity contribution in [1.29, 1.82) is 0 Å². The molecule has 1 fully saturated rings. The highest BCUT2D eigenvalue weighted by Crippen LogP contribution is 2.15. The van der Waals surface area contributed by atoms with Crippen LogP contribution in [-0.2, 0) is 0 Å². The Bertz CT molecular complexity index is 782. The molecule has 5 nitrogen and oxygen atoms in total. The van der Waals surface area contributed by atoms with Gasteiger partial charge in [0, 0.05) is 38.4 Å². The van der Waals surface area contributed by atoms with Crippen molar-refractivity contribution < 1.29 is 4.79 Å². The lowest BCUT2D eigenvalue weighted by Crippen LogP contribution is -2.52. The molecule has 1 aromatic heterocycles. The fourth-order valence-electron chi connectivity index (χ4n) is 3.42. The molecule has 1 aliphatic heterocycles. The van der Waals surface area contributed by atoms with Crippen LogP contribution in [0.25, 0.3) is 6.08 Å². The largest absolute Gasteiger partial charge is 0.330 e. The molecule has 3 rings (SSSR count). The van der Waals surface area contributed by atoms with E-state index < -0.39 is 0 Å². The first-order valence-corrected chi connectivity index (χ1v) is 10.1. The van der Waals surface area contributed by atoms with E-state index in [-0.39, 0.29) is 12.1 Å². The van der Waals surface area contributed by atoms with Gasteiger partial charge < -0.3 is 10.2 Å². The van der Waals surface area contributed by atoms with Gasteiger partial charge in [-0.1, -0.05) is 55.5 Å². The Morgan fingerprint density at radius 3 is 2.54 bits per heavy atom. The van der Waals surface area contributed by atoms with Crippen molar-refractivity contribution >= 4 is 12.1 Å². The van der Waals surface area contributed by atoms with E-state index in [4.69, 9.17) is 0 Å². The second-order valence-corrected chi connectivity index (χ2v) is 7.21. The number of hydrogen-bond acceptors (Lipinski definition) is 3. The molecular weight excluding hydrogens is 348 g/mol. The molecule has 1 aromatic carbocycles. The quantitative estimate of drug-likeness (QED) is 0.830. The van der Waals surface area contributed by atoms with E-state index in [2.05, 4.69) is 46.4 Å². The van der Waals surface area contributed by atoms with E-state index in [9.17, 15) is 4.79 Å². The first kappa shape index (κ1) is 20.1. The van der Waals surface area contributed by atoms with Crippen molar-refractivity contribution in [2.75, 3.05) is 32.7 Å². The highest BCUT2D eigenvalue weighted by Gasteiger charge is 2.23. The van der Waals surface area contributed by atoms with Gasteiger partial charge in [0.25, 0.3) is 0 Å². The Kier molecular flexibility index (Phi) is 7.20. The van der Waals surface area contributed by atoms with Gasteiger partial charge in [-0.05, 0) is 31.0 Å². The lowest BCUT2D eigenvalue weighted by molar-refractivity contribution is 0.144. The fraction of sp³-hybridized carbons (Fsp3) is 0.391. The van der Waals surface area contributed by atoms with Crippen LogP contribution in [0.15, 0.2) is 54.6 Å². The van der Waals surface area contributed by atoms with Crippen molar-refractivity contribution in [2.45, 2.75) is 26.3 Å². The second kappa shape index (κ2) is 10.0. The average Bonchev–Trinajstić information content (AvgIpc) is 2.73. The molecule has 1 atom stereocenters. The van der Waals surface area contributed by atoms with Crippen LogP contribution in [0.2, 0.25) is 0 Å². The maximum Gasteiger partial charge on any atom is 0.318 e. The summed E-state index contributed by atoms with van der Waals surface area (Å²) in [4.78, 5) is 21.5. The number of urea groups is 1. The lowest BCUT2D eigenvalue weighted by Gasteiger charge is -2.35. The van der Waals surface area contributed by atoms with Gasteiger partial charge in [-0.3, -0.25) is 9.88 Å². The summed E-state index contributed by atoms with van der Waals surface area (Å²) < 4.78 is 0. The number of nitrogens with zero attached hydrogens (tertiary/aromatic N) is 3. The van der Waals surface area contributed by atoms with Gasteiger partial charge in [0.05, 0.1) is 11.7 Å². The number of hydrogen-bond donors (Lipinski definition) is 1. The van der Waals surface area contributed by atoms with Crippen LogP contribution < -0.4 is 5.32 Å². The number of amides is 2. The minimum atomic E-state index is -0.0424. The van der Waals surface area contributed by atoms with E-state index in [1.807, 2.05) is 48.2 Å². The summed E-state index contributed by atoms with van der Waals surface area (Å²) in [6.45, 7) is 8.26. The van der Waals surface area contributed by atoms with Crippen molar-refractivity contribution in [3.8, 4) is 0 Å². The number of aryl methyl sites for hydroxylation is 1. The van der Waals surface area contributed by atoms with Gasteiger partial charge in [-0.2, -0.15) is 0 Å². The third kappa shape index (κ3) is 5.67. The van der Waals surface area contributed by atoms with Crippen molar-refractivity contribution in [3.05, 3.63) is 71.6 Å². The maximum atomic E-state index is 12.7. The Labute approximate surface area is 168 Å². The predicted molar refractivity (Wildman–Crippen MR) is 114 cm³/mol. The molecule has 1 N–H and O–H groups in total. The fourth-order valence-corrected chi connectivity index (χ4v) is 3.42. The molecule has 148 valence electrons. The van der Waals surface area contributed by atoms with Gasteiger partial charge in [0.1, 0.15) is 0 Å². The van der Waals surface area contributed by atoms with Gasteiger partial charge in [0.2, 0.25) is 0 Å². The second-order valence-electron chi connectivity index (χ2n) is 7.21. The number of nitrogens with one attached hydrogen (secondary N) is 1. The van der Waals surface area contributed by atoms with Crippen LogP contribution in [0.3, 0.4) is 0 Å². The minimum Gasteiger partial charge on any atom is -0.330 e. The monoisotopic (exact) mass is 378 g/mol. The van der Waals surface area contributed by atoms with Crippen LogP contribution in [0.5, 0.6) is 0 Å². The Morgan fingerprint density at radius 2 is 1.86 bits per heavy atom. The minimum absolute atomic E-state index is 0.00892. The molecule has 0 saturated carbocycles. The Hall–Kier alpha value is -2.66. The Balaban J connectivity index is 1.46. The predicted octanol–water partition coefficient (Wildman–Crippen LogP) is 3.88. The number of benzene rings is 1. The molecule has 1 saturated heterocycles. The van der Waals surface area contributed by atoms with Crippen LogP contribution in [0.1, 0.15) is 36.3 Å². The van der Waals surface area contributed by atoms with Crippen molar-refractivity contribution in [1.82, 2.24) is 20.1 Å². The molecule has 1 aliphatic rings. The Morgan fingerprint density at radius 1 is 1.11 bits per heavy atom. The van der Waals surface area contributed by atoms with E-state index in [1.165, 1.54) is 5.56 Å². The normalized spacial score (nSPS) is 16.3. The number of rotatable bonds is 6. The molecular formula is C23H30N4O. The SMILES string of the molecule is CC[C@@H](NC(=O)N1CCN(C/C=C/c2ccccc2)CC1)c1cccc(C)n1. The van der Waals surface area contributed by atoms with Crippen LogP contribution in [0.4, 0.5) is 4.79 Å². The highest BCUT2D eigenvalue weighted by atomic mass is 16.2. The zero-order valence-corrected chi connectivity index (χ0v) is 16.8. The summed E-state index contributed by atoms with van der Waals surface area (Å²) in [5.41, 5.74) is 3.12. The van der Waals surface area contributed by atoms with Crippen LogP contribution >= 0.6 is 0 Å². The first-order valence-electron chi connectivity index (χ1n) is 10.1. The summed E-state index contributed by atoms with van der Waals surface area (Å²) in [6, 6.07) is 16.3. The van der Waals surface area contributed by atoms with E-state index in [0.717, 1.165) is 50.5 Å². The van der Waals surface area contributed by atoms with E-state index in [0.29, 0.717) is 0 Å². The van der Waals surface area contributed by atoms with E-state index >= 15 is 0 Å². The first-order chi connectivity index (χ1) is 13.7. The van der Waals surface area contributed by atoms with Gasteiger partial charge in [-0.25, -0.2) is 4.79 Å². The molecule has 0 unspecified atom stereocenters. The number of piperazine rings is 1. The number of pyridine rings is 1. The molecule has 2 aromatic rings. The summed E-state index contributed by atoms with van der Waals surface area (Å²) in [5, 5.41) is 3.15. The third-order valence-corrected chi connectivity index (χ3v) is 5.11. The molecule has 0 radical (unpaired) electrons. The molecule has 0 aliphatic carbocycles. The van der Waals surface area contributed by atoms with Crippen LogP contribution in [-0.4, -0.2) is 53.5 Å². The molecule has 28 heavy (non-hydrogen) atoms. The number of aromatic nitrogens is 1. The summed E-state index contributed by atoms with van der Waals surface area (Å²) in [7, 11) is 0. The molecule has 5 heteroatoms. The zero-order valence-electron chi connectivity index (χ0n) is 16.8. The number of carbonyl (C=O) groups is 1. The topological polar surface area (TPSA) is 48.5 Å².